The monoisotopic (exact) mass is 286 g/mol. The van der Waals surface area contributed by atoms with Gasteiger partial charge in [0.25, 0.3) is 0 Å². The Hall–Kier alpha value is -2.21. The van der Waals surface area contributed by atoms with Crippen LogP contribution in [0.25, 0.3) is 10.9 Å². The van der Waals surface area contributed by atoms with E-state index in [1.807, 2.05) is 38.1 Å². The molecular weight excluding hydrogens is 272 g/mol. The van der Waals surface area contributed by atoms with Crippen molar-refractivity contribution in [1.82, 2.24) is 15.2 Å². The van der Waals surface area contributed by atoms with Crippen LogP contribution in [0.4, 0.5) is 10.8 Å². The fourth-order valence-corrected chi connectivity index (χ4v) is 2.50. The number of hydrogen-bond donors (Lipinski definition) is 1. The Bertz CT molecular complexity index is 727. The van der Waals surface area contributed by atoms with Crippen LogP contribution >= 0.6 is 11.3 Å². The lowest BCUT2D eigenvalue weighted by atomic mass is 10.1. The van der Waals surface area contributed by atoms with Crippen LogP contribution in [0.1, 0.15) is 12.6 Å². The van der Waals surface area contributed by atoms with E-state index in [4.69, 9.17) is 4.74 Å². The molecule has 1 N–H and O–H groups in total. The average molecular weight is 286 g/mol. The molecule has 2 aromatic heterocycles. The highest BCUT2D eigenvalue weighted by atomic mass is 32.1. The predicted octanol–water partition coefficient (Wildman–Crippen LogP) is 3.54. The summed E-state index contributed by atoms with van der Waals surface area (Å²) in [6.45, 7) is 4.59. The van der Waals surface area contributed by atoms with Crippen LogP contribution in [0.15, 0.2) is 29.8 Å². The number of nitrogens with one attached hydrogen (secondary N) is 1. The summed E-state index contributed by atoms with van der Waals surface area (Å²) >= 11 is 1.46. The van der Waals surface area contributed by atoms with E-state index in [0.29, 0.717) is 6.61 Å². The van der Waals surface area contributed by atoms with Crippen molar-refractivity contribution in [2.24, 2.45) is 0 Å². The molecule has 0 saturated carbocycles. The number of pyridine rings is 1. The van der Waals surface area contributed by atoms with Crippen LogP contribution in [0.2, 0.25) is 0 Å². The molecule has 2 heterocycles. The second-order valence-corrected chi connectivity index (χ2v) is 5.13. The first-order valence-electron chi connectivity index (χ1n) is 6.33. The van der Waals surface area contributed by atoms with Crippen LogP contribution in [-0.4, -0.2) is 21.8 Å². The summed E-state index contributed by atoms with van der Waals surface area (Å²) in [5, 5.41) is 12.9. The highest BCUT2D eigenvalue weighted by molar-refractivity contribution is 7.13. The quantitative estimate of drug-likeness (QED) is 0.795. The van der Waals surface area contributed by atoms with Crippen molar-refractivity contribution in [1.29, 1.82) is 0 Å². The average Bonchev–Trinajstić information content (AvgIpc) is 2.92. The number of fused-ring (bicyclic) bond motifs is 1. The largest absolute Gasteiger partial charge is 0.494 e. The Kier molecular flexibility index (Phi) is 3.47. The molecule has 0 fully saturated rings. The summed E-state index contributed by atoms with van der Waals surface area (Å²) in [5.74, 6) is 0.839. The van der Waals surface area contributed by atoms with Gasteiger partial charge in [-0.25, -0.2) is 0 Å². The number of aryl methyl sites for hydroxylation is 1. The third-order valence-electron chi connectivity index (χ3n) is 2.82. The van der Waals surface area contributed by atoms with E-state index in [1.54, 1.807) is 5.51 Å². The standard InChI is InChI=1S/C14H14N4OS/c1-3-19-10-4-5-12-11(7-10)13(6-9(2)16-12)17-14-18-15-8-20-14/h4-8H,3H2,1-2H3,(H,16,17,18). The van der Waals surface area contributed by atoms with Crippen molar-refractivity contribution < 1.29 is 4.74 Å². The molecule has 0 radical (unpaired) electrons. The Balaban J connectivity index is 2.10. The van der Waals surface area contributed by atoms with E-state index >= 15 is 0 Å². The number of hydrogen-bond acceptors (Lipinski definition) is 6. The summed E-state index contributed by atoms with van der Waals surface area (Å²) in [5.41, 5.74) is 4.55. The molecule has 20 heavy (non-hydrogen) atoms. The zero-order chi connectivity index (χ0) is 13.9. The lowest BCUT2D eigenvalue weighted by Crippen LogP contribution is -1.96. The van der Waals surface area contributed by atoms with E-state index in [1.165, 1.54) is 11.3 Å². The van der Waals surface area contributed by atoms with Crippen LogP contribution in [0.3, 0.4) is 0 Å². The smallest absolute Gasteiger partial charge is 0.209 e. The number of nitrogens with zero attached hydrogens (tertiary/aromatic N) is 3. The van der Waals surface area contributed by atoms with Crippen molar-refractivity contribution >= 4 is 33.1 Å². The van der Waals surface area contributed by atoms with Crippen LogP contribution in [0, 0.1) is 6.92 Å². The maximum absolute atomic E-state index is 5.55. The molecule has 0 bridgehead atoms. The highest BCUT2D eigenvalue weighted by Crippen LogP contribution is 2.29. The van der Waals surface area contributed by atoms with Gasteiger partial charge in [0.15, 0.2) is 0 Å². The van der Waals surface area contributed by atoms with Crippen molar-refractivity contribution in [3.8, 4) is 5.75 Å². The van der Waals surface area contributed by atoms with Crippen molar-refractivity contribution in [2.75, 3.05) is 11.9 Å². The molecule has 0 saturated heterocycles. The normalized spacial score (nSPS) is 10.7. The van der Waals surface area contributed by atoms with Crippen molar-refractivity contribution in [3.63, 3.8) is 0 Å². The molecule has 5 nitrogen and oxygen atoms in total. The minimum atomic E-state index is 0.643. The molecule has 0 aliphatic rings. The van der Waals surface area contributed by atoms with Gasteiger partial charge in [-0.05, 0) is 38.1 Å². The topological polar surface area (TPSA) is 59.9 Å². The molecule has 0 amide bonds. The molecule has 3 aromatic rings. The number of rotatable bonds is 4. The van der Waals surface area contributed by atoms with Gasteiger partial charge in [0.05, 0.1) is 17.8 Å². The first-order valence-corrected chi connectivity index (χ1v) is 7.21. The predicted molar refractivity (Wildman–Crippen MR) is 80.8 cm³/mol. The third kappa shape index (κ3) is 2.55. The lowest BCUT2D eigenvalue weighted by molar-refractivity contribution is 0.340. The molecule has 0 unspecified atom stereocenters. The Labute approximate surface area is 120 Å². The first kappa shape index (κ1) is 12.8. The number of anilines is 2. The Morgan fingerprint density at radius 3 is 2.95 bits per heavy atom. The summed E-state index contributed by atoms with van der Waals surface area (Å²) < 4.78 is 5.55. The first-order chi connectivity index (χ1) is 9.76. The third-order valence-corrected chi connectivity index (χ3v) is 3.43. The molecule has 102 valence electrons. The fraction of sp³-hybridized carbons (Fsp3) is 0.214. The minimum Gasteiger partial charge on any atom is -0.494 e. The molecule has 6 heteroatoms. The summed E-state index contributed by atoms with van der Waals surface area (Å²) in [6.07, 6.45) is 0. The van der Waals surface area contributed by atoms with E-state index in [-0.39, 0.29) is 0 Å². The van der Waals surface area contributed by atoms with E-state index in [9.17, 15) is 0 Å². The molecular formula is C14H14N4OS. The summed E-state index contributed by atoms with van der Waals surface area (Å²) in [6, 6.07) is 7.90. The van der Waals surface area contributed by atoms with E-state index < -0.39 is 0 Å². The van der Waals surface area contributed by atoms with Gasteiger partial charge in [0.2, 0.25) is 5.13 Å². The van der Waals surface area contributed by atoms with Crippen LogP contribution in [-0.2, 0) is 0 Å². The lowest BCUT2D eigenvalue weighted by Gasteiger charge is -2.10. The van der Waals surface area contributed by atoms with Gasteiger partial charge in [-0.3, -0.25) is 4.98 Å². The Morgan fingerprint density at radius 2 is 2.20 bits per heavy atom. The van der Waals surface area contributed by atoms with Gasteiger partial charge < -0.3 is 10.1 Å². The van der Waals surface area contributed by atoms with Gasteiger partial charge in [0.1, 0.15) is 11.3 Å². The minimum absolute atomic E-state index is 0.643. The molecule has 0 atom stereocenters. The highest BCUT2D eigenvalue weighted by Gasteiger charge is 2.07. The zero-order valence-electron chi connectivity index (χ0n) is 11.3. The van der Waals surface area contributed by atoms with Crippen molar-refractivity contribution in [3.05, 3.63) is 35.5 Å². The van der Waals surface area contributed by atoms with Gasteiger partial charge >= 0.3 is 0 Å². The molecule has 0 spiro atoms. The second kappa shape index (κ2) is 5.42. The van der Waals surface area contributed by atoms with Gasteiger partial charge in [-0.2, -0.15) is 0 Å². The maximum Gasteiger partial charge on any atom is 0.209 e. The van der Waals surface area contributed by atoms with E-state index in [2.05, 4.69) is 20.5 Å². The molecule has 0 aliphatic heterocycles. The maximum atomic E-state index is 5.55. The number of ether oxygens (including phenoxy) is 1. The fourth-order valence-electron chi connectivity index (χ4n) is 2.04. The zero-order valence-corrected chi connectivity index (χ0v) is 12.1. The van der Waals surface area contributed by atoms with Gasteiger partial charge in [-0.15, -0.1) is 10.2 Å². The van der Waals surface area contributed by atoms with Crippen LogP contribution in [0.5, 0.6) is 5.75 Å². The Morgan fingerprint density at radius 1 is 1.30 bits per heavy atom. The SMILES string of the molecule is CCOc1ccc2nc(C)cc(Nc3nncs3)c2c1. The molecule has 0 aliphatic carbocycles. The second-order valence-electron chi connectivity index (χ2n) is 4.29. The molecule has 3 rings (SSSR count). The summed E-state index contributed by atoms with van der Waals surface area (Å²) in [7, 11) is 0. The van der Waals surface area contributed by atoms with Gasteiger partial charge in [-0.1, -0.05) is 11.3 Å². The van der Waals surface area contributed by atoms with Crippen LogP contribution < -0.4 is 10.1 Å². The summed E-state index contributed by atoms with van der Waals surface area (Å²) in [4.78, 5) is 4.54. The number of aromatic nitrogens is 3. The van der Waals surface area contributed by atoms with Gasteiger partial charge in [0, 0.05) is 11.1 Å². The van der Waals surface area contributed by atoms with Crippen molar-refractivity contribution in [2.45, 2.75) is 13.8 Å². The van der Waals surface area contributed by atoms with E-state index in [0.717, 1.165) is 33.2 Å². The molecule has 1 aromatic carbocycles. The number of benzene rings is 1.